The average molecular weight is 302 g/mol. The Morgan fingerprint density at radius 3 is 3.09 bits per heavy atom. The molecule has 0 bridgehead atoms. The zero-order valence-corrected chi connectivity index (χ0v) is 13.6. The molecular weight excluding hydrogens is 276 g/mol. The predicted molar refractivity (Wildman–Crippen MR) is 86.6 cm³/mol. The number of likely N-dealkylation sites (tertiary alicyclic amines) is 1. The van der Waals surface area contributed by atoms with Gasteiger partial charge in [-0.15, -0.1) is 0 Å². The van der Waals surface area contributed by atoms with Crippen molar-refractivity contribution in [2.75, 3.05) is 33.7 Å². The molecule has 1 N–H and O–H groups in total. The highest BCUT2D eigenvalue weighted by molar-refractivity contribution is 5.78. The fourth-order valence-electron chi connectivity index (χ4n) is 3.41. The van der Waals surface area contributed by atoms with Crippen LogP contribution in [-0.4, -0.2) is 60.5 Å². The Hall–Kier alpha value is -1.46. The number of pyridine rings is 1. The Balaban J connectivity index is 1.45. The number of likely N-dealkylation sites (N-methyl/N-ethyl adjacent to an activating group) is 1. The van der Waals surface area contributed by atoms with Crippen molar-refractivity contribution in [1.82, 2.24) is 20.1 Å². The lowest BCUT2D eigenvalue weighted by Crippen LogP contribution is -2.38. The maximum absolute atomic E-state index is 12.1. The second kappa shape index (κ2) is 6.75. The molecule has 0 saturated carbocycles. The Bertz CT molecular complexity index is 543. The lowest BCUT2D eigenvalue weighted by atomic mass is 10.1. The van der Waals surface area contributed by atoms with Crippen LogP contribution in [-0.2, 0) is 24.2 Å². The summed E-state index contributed by atoms with van der Waals surface area (Å²) in [6.07, 6.45) is 6.49. The molecule has 22 heavy (non-hydrogen) atoms. The van der Waals surface area contributed by atoms with Gasteiger partial charge in [-0.3, -0.25) is 14.7 Å². The molecule has 0 unspecified atom stereocenters. The van der Waals surface area contributed by atoms with Crippen molar-refractivity contribution in [1.29, 1.82) is 0 Å². The van der Waals surface area contributed by atoms with E-state index in [9.17, 15) is 4.79 Å². The van der Waals surface area contributed by atoms with Crippen molar-refractivity contribution in [3.8, 4) is 0 Å². The summed E-state index contributed by atoms with van der Waals surface area (Å²) >= 11 is 0. The number of nitrogens with zero attached hydrogens (tertiary/aromatic N) is 3. The smallest absolute Gasteiger partial charge is 0.234 e. The first-order chi connectivity index (χ1) is 10.6. The van der Waals surface area contributed by atoms with Crippen LogP contribution in [0, 0.1) is 0 Å². The van der Waals surface area contributed by atoms with E-state index in [4.69, 9.17) is 0 Å². The SMILES string of the molecule is CN(C)[C@H]1CCN(CC(=O)NCc2cnc3c(c2)CCC3)C1. The van der Waals surface area contributed by atoms with Gasteiger partial charge in [0.1, 0.15) is 0 Å². The number of carbonyl (C=O) groups excluding carboxylic acids is 1. The molecule has 1 aromatic rings. The maximum Gasteiger partial charge on any atom is 0.234 e. The largest absolute Gasteiger partial charge is 0.351 e. The van der Waals surface area contributed by atoms with Crippen molar-refractivity contribution >= 4 is 5.91 Å². The number of carbonyl (C=O) groups is 1. The summed E-state index contributed by atoms with van der Waals surface area (Å²) < 4.78 is 0. The van der Waals surface area contributed by atoms with Gasteiger partial charge in [0, 0.05) is 37.6 Å². The van der Waals surface area contributed by atoms with Crippen molar-refractivity contribution in [2.45, 2.75) is 38.3 Å². The van der Waals surface area contributed by atoms with Gasteiger partial charge in [-0.2, -0.15) is 0 Å². The highest BCUT2D eigenvalue weighted by atomic mass is 16.2. The van der Waals surface area contributed by atoms with E-state index in [2.05, 4.69) is 40.3 Å². The molecule has 0 aromatic carbocycles. The van der Waals surface area contributed by atoms with Gasteiger partial charge >= 0.3 is 0 Å². The molecule has 2 aliphatic rings. The summed E-state index contributed by atoms with van der Waals surface area (Å²) in [5, 5.41) is 3.03. The van der Waals surface area contributed by atoms with Crippen LogP contribution in [0.2, 0.25) is 0 Å². The Kier molecular flexibility index (Phi) is 4.74. The number of amides is 1. The summed E-state index contributed by atoms with van der Waals surface area (Å²) in [7, 11) is 4.21. The lowest BCUT2D eigenvalue weighted by molar-refractivity contribution is -0.122. The van der Waals surface area contributed by atoms with Gasteiger partial charge in [-0.1, -0.05) is 6.07 Å². The molecular formula is C17H26N4O. The molecule has 3 rings (SSSR count). The molecule has 1 atom stereocenters. The molecule has 1 amide bonds. The number of hydrogen-bond acceptors (Lipinski definition) is 4. The minimum Gasteiger partial charge on any atom is -0.351 e. The maximum atomic E-state index is 12.1. The molecule has 1 aliphatic heterocycles. The van der Waals surface area contributed by atoms with Gasteiger partial charge in [0.05, 0.1) is 6.54 Å². The Morgan fingerprint density at radius 1 is 1.45 bits per heavy atom. The highest BCUT2D eigenvalue weighted by Crippen LogP contribution is 2.20. The van der Waals surface area contributed by atoms with Crippen LogP contribution in [0.25, 0.3) is 0 Å². The third-order valence-electron chi connectivity index (χ3n) is 4.81. The molecule has 1 saturated heterocycles. The first-order valence-corrected chi connectivity index (χ1v) is 8.24. The fraction of sp³-hybridized carbons (Fsp3) is 0.647. The lowest BCUT2D eigenvalue weighted by Gasteiger charge is -2.20. The van der Waals surface area contributed by atoms with E-state index in [1.54, 1.807) is 0 Å². The molecule has 1 aromatic heterocycles. The minimum absolute atomic E-state index is 0.111. The summed E-state index contributed by atoms with van der Waals surface area (Å²) in [5.41, 5.74) is 3.71. The summed E-state index contributed by atoms with van der Waals surface area (Å²) in [4.78, 5) is 21.1. The van der Waals surface area contributed by atoms with E-state index in [-0.39, 0.29) is 5.91 Å². The van der Waals surface area contributed by atoms with Crippen LogP contribution in [0.3, 0.4) is 0 Å². The number of rotatable bonds is 5. The molecule has 5 nitrogen and oxygen atoms in total. The van der Waals surface area contributed by atoms with Gasteiger partial charge in [0.25, 0.3) is 0 Å². The number of fused-ring (bicyclic) bond motifs is 1. The third-order valence-corrected chi connectivity index (χ3v) is 4.81. The molecule has 1 aliphatic carbocycles. The van der Waals surface area contributed by atoms with Crippen LogP contribution in [0.15, 0.2) is 12.3 Å². The van der Waals surface area contributed by atoms with E-state index in [0.29, 0.717) is 19.1 Å². The molecule has 0 radical (unpaired) electrons. The number of aromatic nitrogens is 1. The second-order valence-corrected chi connectivity index (χ2v) is 6.72. The van der Waals surface area contributed by atoms with Gasteiger partial charge in [-0.05, 0) is 50.9 Å². The minimum atomic E-state index is 0.111. The van der Waals surface area contributed by atoms with E-state index >= 15 is 0 Å². The predicted octanol–water partition coefficient (Wildman–Crippen LogP) is 0.822. The normalized spacial score (nSPS) is 21.3. The number of aryl methyl sites for hydroxylation is 2. The topological polar surface area (TPSA) is 48.5 Å². The van der Waals surface area contributed by atoms with Crippen LogP contribution >= 0.6 is 0 Å². The van der Waals surface area contributed by atoms with Gasteiger partial charge in [0.15, 0.2) is 0 Å². The monoisotopic (exact) mass is 302 g/mol. The van der Waals surface area contributed by atoms with Gasteiger partial charge in [-0.25, -0.2) is 0 Å². The molecule has 120 valence electrons. The summed E-state index contributed by atoms with van der Waals surface area (Å²) in [6, 6.07) is 2.78. The zero-order chi connectivity index (χ0) is 15.5. The van der Waals surface area contributed by atoms with E-state index < -0.39 is 0 Å². The van der Waals surface area contributed by atoms with E-state index in [1.807, 2.05) is 6.20 Å². The zero-order valence-electron chi connectivity index (χ0n) is 13.6. The van der Waals surface area contributed by atoms with E-state index in [0.717, 1.165) is 37.9 Å². The molecule has 1 fully saturated rings. The summed E-state index contributed by atoms with van der Waals surface area (Å²) in [6.45, 7) is 3.09. The Labute approximate surface area is 132 Å². The van der Waals surface area contributed by atoms with Crippen molar-refractivity contribution in [3.05, 3.63) is 29.1 Å². The van der Waals surface area contributed by atoms with E-state index in [1.165, 1.54) is 17.7 Å². The average Bonchev–Trinajstić information content (AvgIpc) is 3.13. The molecule has 0 spiro atoms. The third kappa shape index (κ3) is 3.65. The number of hydrogen-bond donors (Lipinski definition) is 1. The highest BCUT2D eigenvalue weighted by Gasteiger charge is 2.25. The van der Waals surface area contributed by atoms with Crippen molar-refractivity contribution in [3.63, 3.8) is 0 Å². The fourth-order valence-corrected chi connectivity index (χ4v) is 3.41. The van der Waals surface area contributed by atoms with Crippen molar-refractivity contribution in [2.24, 2.45) is 0 Å². The van der Waals surface area contributed by atoms with Crippen LogP contribution in [0.5, 0.6) is 0 Å². The first-order valence-electron chi connectivity index (χ1n) is 8.24. The molecule has 5 heteroatoms. The van der Waals surface area contributed by atoms with Gasteiger partial charge < -0.3 is 10.2 Å². The summed E-state index contributed by atoms with van der Waals surface area (Å²) in [5.74, 6) is 0.111. The van der Waals surface area contributed by atoms with Crippen LogP contribution < -0.4 is 5.32 Å². The quantitative estimate of drug-likeness (QED) is 0.875. The second-order valence-electron chi connectivity index (χ2n) is 6.72. The van der Waals surface area contributed by atoms with Crippen LogP contribution in [0.4, 0.5) is 0 Å². The van der Waals surface area contributed by atoms with Crippen molar-refractivity contribution < 1.29 is 4.79 Å². The Morgan fingerprint density at radius 2 is 2.32 bits per heavy atom. The standard InChI is InChI=1S/C17H26N4O/c1-20(2)15-6-7-21(11-15)12-17(22)19-10-13-8-14-4-3-5-16(14)18-9-13/h8-9,15H,3-7,10-12H2,1-2H3,(H,19,22)/t15-/m0/s1. The van der Waals surface area contributed by atoms with Crippen LogP contribution in [0.1, 0.15) is 29.7 Å². The van der Waals surface area contributed by atoms with Gasteiger partial charge in [0.2, 0.25) is 5.91 Å². The number of nitrogens with one attached hydrogen (secondary N) is 1. The first kappa shape index (κ1) is 15.4. The molecule has 2 heterocycles.